The van der Waals surface area contributed by atoms with Crippen LogP contribution in [0.4, 0.5) is 0 Å². The molecule has 0 heterocycles. The Bertz CT molecular complexity index is 885. The summed E-state index contributed by atoms with van der Waals surface area (Å²) in [5.74, 6) is 0. The maximum atomic E-state index is 11.3. The van der Waals surface area contributed by atoms with Crippen molar-refractivity contribution in [3.63, 3.8) is 0 Å². The van der Waals surface area contributed by atoms with E-state index >= 15 is 0 Å². The Balaban J connectivity index is 1.69. The molecule has 3 aromatic carbocycles. The molecule has 0 aliphatic rings. The van der Waals surface area contributed by atoms with Gasteiger partial charge in [-0.05, 0) is 17.7 Å². The summed E-state index contributed by atoms with van der Waals surface area (Å²) in [6, 6.07) is 27.9. The van der Waals surface area contributed by atoms with E-state index in [1.54, 1.807) is 12.1 Å². The fourth-order valence-corrected chi connectivity index (χ4v) is 3.56. The molecule has 5 heteroatoms. The molecule has 0 aliphatic heterocycles. The third-order valence-corrected chi connectivity index (χ3v) is 5.33. The maximum Gasteiger partial charge on any atom is 0.238 e. The Labute approximate surface area is 154 Å². The lowest BCUT2D eigenvalue weighted by Crippen LogP contribution is -2.86. The van der Waals surface area contributed by atoms with Gasteiger partial charge < -0.3 is 5.32 Å². The number of sulfonamides is 1. The fourth-order valence-electron chi connectivity index (χ4n) is 3.05. The molecule has 4 nitrogen and oxygen atoms in total. The van der Waals surface area contributed by atoms with Gasteiger partial charge in [0, 0.05) is 17.5 Å². The van der Waals surface area contributed by atoms with Crippen molar-refractivity contribution < 1.29 is 13.7 Å². The zero-order valence-electron chi connectivity index (χ0n) is 14.5. The zero-order chi connectivity index (χ0) is 18.4. The summed E-state index contributed by atoms with van der Waals surface area (Å²) in [5.41, 5.74) is 3.63. The first-order valence-electron chi connectivity index (χ1n) is 8.59. The summed E-state index contributed by atoms with van der Waals surface area (Å²) >= 11 is 0. The number of nitrogens with two attached hydrogens (primary N) is 2. The quantitative estimate of drug-likeness (QED) is 0.672. The summed E-state index contributed by atoms with van der Waals surface area (Å²) in [6.07, 6.45) is 0.848. The minimum absolute atomic E-state index is 0.150. The standard InChI is InChI=1S/C21H22N2O2S/c22-26(24,25)20-13-11-17(12-14-20)15-16-23-21(18-7-3-1-4-8-18)19-9-5-2-6-10-19/h1-14,21,23H,15-16H2,(H2,22,24,25)/p+1. The predicted molar refractivity (Wildman–Crippen MR) is 103 cm³/mol. The van der Waals surface area contributed by atoms with Gasteiger partial charge in [-0.25, -0.2) is 13.6 Å². The molecule has 0 spiro atoms. The molecule has 0 radical (unpaired) electrons. The van der Waals surface area contributed by atoms with Gasteiger partial charge in [0.2, 0.25) is 10.0 Å². The summed E-state index contributed by atoms with van der Waals surface area (Å²) in [6.45, 7) is 0.892. The van der Waals surface area contributed by atoms with E-state index in [-0.39, 0.29) is 10.9 Å². The van der Waals surface area contributed by atoms with E-state index in [0.717, 1.165) is 18.5 Å². The molecule has 0 aromatic heterocycles. The van der Waals surface area contributed by atoms with Gasteiger partial charge in [-0.3, -0.25) is 0 Å². The molecule has 0 aliphatic carbocycles. The van der Waals surface area contributed by atoms with Gasteiger partial charge in [-0.2, -0.15) is 0 Å². The van der Waals surface area contributed by atoms with Gasteiger partial charge in [0.1, 0.15) is 6.04 Å². The number of benzene rings is 3. The van der Waals surface area contributed by atoms with Crippen LogP contribution in [0.2, 0.25) is 0 Å². The van der Waals surface area contributed by atoms with Crippen molar-refractivity contribution in [3.8, 4) is 0 Å². The van der Waals surface area contributed by atoms with Crippen LogP contribution in [0.5, 0.6) is 0 Å². The van der Waals surface area contributed by atoms with Gasteiger partial charge in [0.05, 0.1) is 11.4 Å². The summed E-state index contributed by atoms with van der Waals surface area (Å²) in [5, 5.41) is 7.46. The van der Waals surface area contributed by atoms with Crippen LogP contribution in [0, 0.1) is 0 Å². The third-order valence-electron chi connectivity index (χ3n) is 4.40. The monoisotopic (exact) mass is 367 g/mol. The first-order valence-corrected chi connectivity index (χ1v) is 10.1. The van der Waals surface area contributed by atoms with Crippen LogP contribution in [-0.4, -0.2) is 15.0 Å². The number of quaternary nitrogens is 1. The Hall–Kier alpha value is -2.47. The Morgan fingerprint density at radius 1 is 0.769 bits per heavy atom. The average Bonchev–Trinajstić information content (AvgIpc) is 2.66. The molecule has 3 rings (SSSR count). The average molecular weight is 367 g/mol. The fraction of sp³-hybridized carbons (Fsp3) is 0.143. The van der Waals surface area contributed by atoms with E-state index in [9.17, 15) is 8.42 Å². The largest absolute Gasteiger partial charge is 0.336 e. The number of hydrogen-bond acceptors (Lipinski definition) is 2. The Morgan fingerprint density at radius 3 is 1.73 bits per heavy atom. The summed E-state index contributed by atoms with van der Waals surface area (Å²) in [7, 11) is -3.63. The highest BCUT2D eigenvalue weighted by atomic mass is 32.2. The summed E-state index contributed by atoms with van der Waals surface area (Å²) < 4.78 is 22.7. The van der Waals surface area contributed by atoms with Crippen LogP contribution < -0.4 is 10.5 Å². The number of hydrogen-bond donors (Lipinski definition) is 2. The highest BCUT2D eigenvalue weighted by Gasteiger charge is 2.16. The lowest BCUT2D eigenvalue weighted by Gasteiger charge is -2.16. The molecule has 0 bridgehead atoms. The highest BCUT2D eigenvalue weighted by Crippen LogP contribution is 2.17. The molecule has 134 valence electrons. The van der Waals surface area contributed by atoms with E-state index in [1.165, 1.54) is 11.1 Å². The number of primary sulfonamides is 1. The van der Waals surface area contributed by atoms with Crippen molar-refractivity contribution in [1.82, 2.24) is 0 Å². The predicted octanol–water partition coefficient (Wildman–Crippen LogP) is 2.23. The third kappa shape index (κ3) is 4.79. The van der Waals surface area contributed by atoms with Crippen molar-refractivity contribution in [2.75, 3.05) is 6.54 Å². The molecular formula is C21H23N2O2S+. The molecule has 4 N–H and O–H groups in total. The molecule has 0 unspecified atom stereocenters. The van der Waals surface area contributed by atoms with Crippen LogP contribution in [0.15, 0.2) is 89.8 Å². The van der Waals surface area contributed by atoms with E-state index in [1.807, 2.05) is 24.3 Å². The van der Waals surface area contributed by atoms with E-state index < -0.39 is 10.0 Å². The van der Waals surface area contributed by atoms with Crippen LogP contribution in [-0.2, 0) is 16.4 Å². The molecule has 3 aromatic rings. The van der Waals surface area contributed by atoms with Gasteiger partial charge >= 0.3 is 0 Å². The smallest absolute Gasteiger partial charge is 0.238 e. The second kappa shape index (κ2) is 8.27. The normalized spacial score (nSPS) is 11.6. The minimum Gasteiger partial charge on any atom is -0.336 e. The molecular weight excluding hydrogens is 344 g/mol. The first-order chi connectivity index (χ1) is 12.5. The van der Waals surface area contributed by atoms with E-state index in [4.69, 9.17) is 5.14 Å². The van der Waals surface area contributed by atoms with Crippen LogP contribution in [0.25, 0.3) is 0 Å². The zero-order valence-corrected chi connectivity index (χ0v) is 15.3. The van der Waals surface area contributed by atoms with E-state index in [0.29, 0.717) is 0 Å². The van der Waals surface area contributed by atoms with Crippen molar-refractivity contribution >= 4 is 10.0 Å². The molecule has 0 fully saturated rings. The maximum absolute atomic E-state index is 11.3. The molecule has 0 saturated carbocycles. The van der Waals surface area contributed by atoms with Crippen molar-refractivity contribution in [2.24, 2.45) is 5.14 Å². The topological polar surface area (TPSA) is 76.8 Å². The minimum atomic E-state index is -3.63. The van der Waals surface area contributed by atoms with Crippen molar-refractivity contribution in [1.29, 1.82) is 0 Å². The lowest BCUT2D eigenvalue weighted by molar-refractivity contribution is -0.686. The van der Waals surface area contributed by atoms with Gasteiger partial charge in [0.25, 0.3) is 0 Å². The van der Waals surface area contributed by atoms with Crippen LogP contribution >= 0.6 is 0 Å². The summed E-state index contributed by atoms with van der Waals surface area (Å²) in [4.78, 5) is 0.150. The second-order valence-corrected chi connectivity index (χ2v) is 7.82. The molecule has 0 saturated heterocycles. The van der Waals surface area contributed by atoms with Crippen molar-refractivity contribution in [3.05, 3.63) is 102 Å². The SMILES string of the molecule is NS(=O)(=O)c1ccc(CC[NH2+]C(c2ccccc2)c2ccccc2)cc1. The van der Waals surface area contributed by atoms with Crippen molar-refractivity contribution in [2.45, 2.75) is 17.4 Å². The van der Waals surface area contributed by atoms with E-state index in [2.05, 4.69) is 53.8 Å². The van der Waals surface area contributed by atoms with Gasteiger partial charge in [0.15, 0.2) is 0 Å². The number of rotatable bonds is 7. The molecule has 0 amide bonds. The van der Waals surface area contributed by atoms with Crippen LogP contribution in [0.3, 0.4) is 0 Å². The Kier molecular flexibility index (Phi) is 5.83. The van der Waals surface area contributed by atoms with Crippen LogP contribution in [0.1, 0.15) is 22.7 Å². The van der Waals surface area contributed by atoms with Gasteiger partial charge in [-0.15, -0.1) is 0 Å². The molecule has 26 heavy (non-hydrogen) atoms. The lowest BCUT2D eigenvalue weighted by atomic mass is 9.98. The Morgan fingerprint density at radius 2 is 1.27 bits per heavy atom. The first kappa shape index (κ1) is 18.3. The highest BCUT2D eigenvalue weighted by molar-refractivity contribution is 7.89. The molecule has 0 atom stereocenters. The van der Waals surface area contributed by atoms with Gasteiger partial charge in [-0.1, -0.05) is 72.8 Å². The second-order valence-electron chi connectivity index (χ2n) is 6.26.